The standard InChI is InChI=1S/C16H27NO3S/c18-15(19)10-14-12-21-9-7-17(14)13-4-8-20-16(11-13)5-2-1-3-6-16/h13-14H,1-12H2,(H,18,19). The maximum atomic E-state index is 11.1. The van der Waals surface area contributed by atoms with Crippen LogP contribution >= 0.6 is 11.8 Å². The van der Waals surface area contributed by atoms with Crippen LogP contribution < -0.4 is 0 Å². The number of thioether (sulfide) groups is 1. The van der Waals surface area contributed by atoms with E-state index in [-0.39, 0.29) is 18.1 Å². The fourth-order valence-corrected chi connectivity index (χ4v) is 5.44. The second-order valence-electron chi connectivity index (χ2n) is 6.80. The summed E-state index contributed by atoms with van der Waals surface area (Å²) in [6.07, 6.45) is 8.82. The molecule has 0 radical (unpaired) electrons. The topological polar surface area (TPSA) is 49.8 Å². The van der Waals surface area contributed by atoms with Gasteiger partial charge < -0.3 is 9.84 Å². The Bertz CT molecular complexity index is 365. The van der Waals surface area contributed by atoms with Crippen molar-refractivity contribution in [1.82, 2.24) is 4.90 Å². The Morgan fingerprint density at radius 1 is 1.33 bits per heavy atom. The summed E-state index contributed by atoms with van der Waals surface area (Å²) < 4.78 is 6.20. The van der Waals surface area contributed by atoms with Crippen LogP contribution in [-0.2, 0) is 9.53 Å². The van der Waals surface area contributed by atoms with Crippen molar-refractivity contribution in [2.75, 3.05) is 24.7 Å². The van der Waals surface area contributed by atoms with Gasteiger partial charge in [-0.1, -0.05) is 19.3 Å². The number of hydrogen-bond donors (Lipinski definition) is 1. The normalized spacial score (nSPS) is 33.9. The van der Waals surface area contributed by atoms with Crippen LogP contribution in [0.3, 0.4) is 0 Å². The van der Waals surface area contributed by atoms with Gasteiger partial charge in [-0.2, -0.15) is 11.8 Å². The lowest BCUT2D eigenvalue weighted by molar-refractivity contribution is -0.141. The second-order valence-corrected chi connectivity index (χ2v) is 7.95. The number of rotatable bonds is 3. The lowest BCUT2D eigenvalue weighted by Gasteiger charge is -2.49. The van der Waals surface area contributed by atoms with E-state index in [0.29, 0.717) is 6.04 Å². The molecule has 2 aliphatic heterocycles. The van der Waals surface area contributed by atoms with Gasteiger partial charge in [-0.3, -0.25) is 9.69 Å². The van der Waals surface area contributed by atoms with E-state index in [2.05, 4.69) is 4.90 Å². The van der Waals surface area contributed by atoms with Gasteiger partial charge in [-0.05, 0) is 25.7 Å². The SMILES string of the molecule is O=C(O)CC1CSCCN1C1CCOC2(CCCCC2)C1. The smallest absolute Gasteiger partial charge is 0.304 e. The molecule has 4 nitrogen and oxygen atoms in total. The third kappa shape index (κ3) is 3.74. The van der Waals surface area contributed by atoms with Crippen LogP contribution in [0.25, 0.3) is 0 Å². The van der Waals surface area contributed by atoms with Crippen LogP contribution in [0.2, 0.25) is 0 Å². The molecule has 0 amide bonds. The van der Waals surface area contributed by atoms with E-state index in [4.69, 9.17) is 9.84 Å². The molecule has 2 atom stereocenters. The first-order valence-electron chi connectivity index (χ1n) is 8.38. The Labute approximate surface area is 131 Å². The quantitative estimate of drug-likeness (QED) is 0.868. The Morgan fingerprint density at radius 2 is 2.14 bits per heavy atom. The van der Waals surface area contributed by atoms with E-state index < -0.39 is 5.97 Å². The highest BCUT2D eigenvalue weighted by Gasteiger charge is 2.42. The van der Waals surface area contributed by atoms with E-state index in [1.165, 1.54) is 32.1 Å². The molecule has 0 aromatic carbocycles. The summed E-state index contributed by atoms with van der Waals surface area (Å²) in [6.45, 7) is 1.90. The molecule has 1 spiro atoms. The van der Waals surface area contributed by atoms with E-state index in [1.54, 1.807) is 0 Å². The third-order valence-corrected chi connectivity index (χ3v) is 6.48. The van der Waals surface area contributed by atoms with E-state index >= 15 is 0 Å². The number of carboxylic acid groups (broad SMARTS) is 1. The average molecular weight is 313 g/mol. The highest BCUT2D eigenvalue weighted by Crippen LogP contribution is 2.40. The van der Waals surface area contributed by atoms with Gasteiger partial charge in [0.25, 0.3) is 0 Å². The van der Waals surface area contributed by atoms with Gasteiger partial charge >= 0.3 is 5.97 Å². The summed E-state index contributed by atoms with van der Waals surface area (Å²) in [4.78, 5) is 13.6. The lowest BCUT2D eigenvalue weighted by atomic mass is 9.77. The van der Waals surface area contributed by atoms with Gasteiger partial charge in [0.05, 0.1) is 12.0 Å². The molecular weight excluding hydrogens is 286 g/mol. The van der Waals surface area contributed by atoms with Crippen LogP contribution in [0.1, 0.15) is 51.4 Å². The van der Waals surface area contributed by atoms with Gasteiger partial charge in [0.1, 0.15) is 0 Å². The third-order valence-electron chi connectivity index (χ3n) is 5.38. The molecule has 0 bridgehead atoms. The Hall–Kier alpha value is -0.260. The van der Waals surface area contributed by atoms with E-state index in [9.17, 15) is 4.79 Å². The fraction of sp³-hybridized carbons (Fsp3) is 0.938. The van der Waals surface area contributed by atoms with Gasteiger partial charge in [0.2, 0.25) is 0 Å². The largest absolute Gasteiger partial charge is 0.481 e. The highest BCUT2D eigenvalue weighted by molar-refractivity contribution is 7.99. The molecule has 21 heavy (non-hydrogen) atoms. The number of ether oxygens (including phenoxy) is 1. The minimum absolute atomic E-state index is 0.111. The first kappa shape index (κ1) is 15.6. The molecule has 3 aliphatic rings. The Kier molecular flexibility index (Phi) is 5.12. The van der Waals surface area contributed by atoms with E-state index in [0.717, 1.165) is 37.5 Å². The summed E-state index contributed by atoms with van der Waals surface area (Å²) in [5.74, 6) is 1.45. The zero-order valence-electron chi connectivity index (χ0n) is 12.8. The Balaban J connectivity index is 1.67. The van der Waals surface area contributed by atoms with Crippen LogP contribution in [-0.4, -0.2) is 58.3 Å². The minimum Gasteiger partial charge on any atom is -0.481 e. The maximum absolute atomic E-state index is 11.1. The lowest BCUT2D eigenvalue weighted by Crippen LogP contribution is -2.55. The number of nitrogens with zero attached hydrogens (tertiary/aromatic N) is 1. The van der Waals surface area contributed by atoms with Crippen molar-refractivity contribution in [3.05, 3.63) is 0 Å². The molecule has 2 saturated heterocycles. The maximum Gasteiger partial charge on any atom is 0.304 e. The molecule has 0 aromatic heterocycles. The minimum atomic E-state index is -0.660. The number of aliphatic carboxylic acids is 1. The van der Waals surface area contributed by atoms with Gasteiger partial charge in [-0.25, -0.2) is 0 Å². The molecule has 2 unspecified atom stereocenters. The molecule has 1 N–H and O–H groups in total. The highest BCUT2D eigenvalue weighted by atomic mass is 32.2. The zero-order valence-corrected chi connectivity index (χ0v) is 13.6. The van der Waals surface area contributed by atoms with Crippen molar-refractivity contribution in [1.29, 1.82) is 0 Å². The molecule has 3 fully saturated rings. The summed E-state index contributed by atoms with van der Waals surface area (Å²) >= 11 is 1.90. The predicted molar refractivity (Wildman–Crippen MR) is 84.9 cm³/mol. The fourth-order valence-electron chi connectivity index (χ4n) is 4.36. The van der Waals surface area contributed by atoms with Gasteiger partial charge in [0.15, 0.2) is 0 Å². The molecule has 2 heterocycles. The summed E-state index contributed by atoms with van der Waals surface area (Å²) in [5, 5.41) is 9.16. The molecule has 5 heteroatoms. The average Bonchev–Trinajstić information content (AvgIpc) is 2.48. The molecule has 3 rings (SSSR count). The first-order valence-corrected chi connectivity index (χ1v) is 9.53. The number of hydrogen-bond acceptors (Lipinski definition) is 4. The predicted octanol–water partition coefficient (Wildman–Crippen LogP) is 2.76. The van der Waals surface area contributed by atoms with Gasteiger partial charge in [0, 0.05) is 36.7 Å². The number of carbonyl (C=O) groups is 1. The van der Waals surface area contributed by atoms with Crippen LogP contribution in [0, 0.1) is 0 Å². The van der Waals surface area contributed by atoms with Crippen molar-refractivity contribution in [2.45, 2.75) is 69.1 Å². The van der Waals surface area contributed by atoms with Crippen LogP contribution in [0.5, 0.6) is 0 Å². The molecule has 1 saturated carbocycles. The molecular formula is C16H27NO3S. The zero-order chi connectivity index (χ0) is 14.7. The molecule has 120 valence electrons. The van der Waals surface area contributed by atoms with Crippen LogP contribution in [0.15, 0.2) is 0 Å². The van der Waals surface area contributed by atoms with Crippen LogP contribution in [0.4, 0.5) is 0 Å². The summed E-state index contributed by atoms with van der Waals surface area (Å²) in [6, 6.07) is 0.743. The van der Waals surface area contributed by atoms with Crippen molar-refractivity contribution in [2.24, 2.45) is 0 Å². The van der Waals surface area contributed by atoms with Gasteiger partial charge in [-0.15, -0.1) is 0 Å². The monoisotopic (exact) mass is 313 g/mol. The molecule has 1 aliphatic carbocycles. The van der Waals surface area contributed by atoms with E-state index in [1.807, 2.05) is 11.8 Å². The summed E-state index contributed by atoms with van der Waals surface area (Å²) in [7, 11) is 0. The Morgan fingerprint density at radius 3 is 2.90 bits per heavy atom. The number of carboxylic acids is 1. The van der Waals surface area contributed by atoms with Crippen molar-refractivity contribution >= 4 is 17.7 Å². The van der Waals surface area contributed by atoms with Crippen molar-refractivity contribution in [3.8, 4) is 0 Å². The summed E-state index contributed by atoms with van der Waals surface area (Å²) in [5.41, 5.74) is 0.111. The second kappa shape index (κ2) is 6.88. The first-order chi connectivity index (χ1) is 10.2. The van der Waals surface area contributed by atoms with Crippen molar-refractivity contribution in [3.63, 3.8) is 0 Å². The molecule has 0 aromatic rings. The van der Waals surface area contributed by atoms with Crippen molar-refractivity contribution < 1.29 is 14.6 Å².